The lowest BCUT2D eigenvalue weighted by molar-refractivity contribution is -0.122. The van der Waals surface area contributed by atoms with Crippen molar-refractivity contribution in [1.82, 2.24) is 5.32 Å². The van der Waals surface area contributed by atoms with E-state index in [2.05, 4.69) is 21.2 Å². The summed E-state index contributed by atoms with van der Waals surface area (Å²) in [6, 6.07) is 13.6. The molecule has 1 amide bonds. The number of allylic oxidation sites excluding steroid dienone is 2. The number of carbonyl (C=O) groups is 2. The van der Waals surface area contributed by atoms with Crippen LogP contribution >= 0.6 is 15.9 Å². The first-order valence-corrected chi connectivity index (χ1v) is 10.3. The summed E-state index contributed by atoms with van der Waals surface area (Å²) >= 11 is 3.44. The molecule has 1 aliphatic heterocycles. The summed E-state index contributed by atoms with van der Waals surface area (Å²) in [5.74, 6) is 1.14. The van der Waals surface area contributed by atoms with Crippen LogP contribution in [0.15, 0.2) is 58.2 Å². The van der Waals surface area contributed by atoms with Gasteiger partial charge in [-0.05, 0) is 47.7 Å². The molecule has 4 rings (SSSR count). The van der Waals surface area contributed by atoms with E-state index < -0.39 is 0 Å². The molecule has 2 aromatic carbocycles. The van der Waals surface area contributed by atoms with Crippen molar-refractivity contribution < 1.29 is 19.1 Å². The van der Waals surface area contributed by atoms with E-state index in [1.807, 2.05) is 42.5 Å². The Morgan fingerprint density at radius 1 is 0.897 bits per heavy atom. The Labute approximate surface area is 178 Å². The van der Waals surface area contributed by atoms with Crippen LogP contribution in [0.2, 0.25) is 0 Å². The number of nitrogens with one attached hydrogen (secondary N) is 1. The maximum absolute atomic E-state index is 13.2. The number of amides is 1. The molecule has 150 valence electrons. The van der Waals surface area contributed by atoms with Crippen LogP contribution < -0.4 is 14.8 Å². The number of Topliss-reactive ketones (excluding diaryl/α,β-unsaturated/α-hetero) is 1. The number of carbonyl (C=O) groups excluding carboxylic acids is 2. The molecule has 0 radical (unpaired) electrons. The van der Waals surface area contributed by atoms with Crippen molar-refractivity contribution in [2.24, 2.45) is 0 Å². The lowest BCUT2D eigenvalue weighted by Gasteiger charge is -2.34. The van der Waals surface area contributed by atoms with E-state index in [9.17, 15) is 9.59 Å². The number of hydrogen-bond acceptors (Lipinski definition) is 4. The van der Waals surface area contributed by atoms with Crippen molar-refractivity contribution in [2.75, 3.05) is 14.2 Å². The van der Waals surface area contributed by atoms with Gasteiger partial charge in [0, 0.05) is 34.5 Å². The number of methoxy groups -OCH3 is 2. The molecule has 5 nitrogen and oxygen atoms in total. The largest absolute Gasteiger partial charge is 0.493 e. The van der Waals surface area contributed by atoms with E-state index in [0.29, 0.717) is 30.8 Å². The Morgan fingerprint density at radius 2 is 1.59 bits per heavy atom. The molecule has 6 heteroatoms. The summed E-state index contributed by atoms with van der Waals surface area (Å²) in [5.41, 5.74) is 3.50. The molecular weight excluding hydrogens is 434 g/mol. The summed E-state index contributed by atoms with van der Waals surface area (Å²) in [4.78, 5) is 25.6. The summed E-state index contributed by atoms with van der Waals surface area (Å²) in [7, 11) is 3.19. The number of ketones is 1. The molecule has 2 unspecified atom stereocenters. The number of benzene rings is 2. The van der Waals surface area contributed by atoms with Crippen molar-refractivity contribution in [1.29, 1.82) is 0 Å². The molecule has 29 heavy (non-hydrogen) atoms. The first-order valence-electron chi connectivity index (χ1n) is 9.53. The van der Waals surface area contributed by atoms with Gasteiger partial charge in [-0.15, -0.1) is 0 Å². The second kappa shape index (κ2) is 8.03. The molecule has 0 fully saturated rings. The molecule has 2 atom stereocenters. The van der Waals surface area contributed by atoms with Gasteiger partial charge in [0.2, 0.25) is 5.91 Å². The molecule has 0 saturated carbocycles. The molecule has 0 bridgehead atoms. The third kappa shape index (κ3) is 3.81. The van der Waals surface area contributed by atoms with E-state index in [4.69, 9.17) is 9.47 Å². The van der Waals surface area contributed by atoms with E-state index in [1.165, 1.54) is 0 Å². The third-order valence-electron chi connectivity index (χ3n) is 5.69. The Balaban J connectivity index is 1.68. The Kier molecular flexibility index (Phi) is 5.46. The standard InChI is InChI=1S/C23H22BrNO4/c1-28-20-8-5-14(11-21(20)29-2)15-9-18-23(19(26)10-15)17(12-22(27)25-18)13-3-6-16(24)7-4-13/h3-8,11,15,17H,9-10,12H2,1-2H3,(H,25,27). The minimum atomic E-state index is -0.189. The summed E-state index contributed by atoms with van der Waals surface area (Å²) in [5, 5.41) is 2.97. The summed E-state index contributed by atoms with van der Waals surface area (Å²) in [6.45, 7) is 0. The average Bonchev–Trinajstić information content (AvgIpc) is 2.72. The van der Waals surface area contributed by atoms with Crippen LogP contribution in [0.25, 0.3) is 0 Å². The van der Waals surface area contributed by atoms with Crippen LogP contribution in [0, 0.1) is 0 Å². The van der Waals surface area contributed by atoms with Crippen LogP contribution in [-0.4, -0.2) is 25.9 Å². The predicted molar refractivity (Wildman–Crippen MR) is 113 cm³/mol. The van der Waals surface area contributed by atoms with Gasteiger partial charge in [-0.1, -0.05) is 34.1 Å². The van der Waals surface area contributed by atoms with Crippen LogP contribution in [0.4, 0.5) is 0 Å². The van der Waals surface area contributed by atoms with Crippen molar-refractivity contribution in [3.8, 4) is 11.5 Å². The van der Waals surface area contributed by atoms with E-state index >= 15 is 0 Å². The highest BCUT2D eigenvalue weighted by atomic mass is 79.9. The van der Waals surface area contributed by atoms with Crippen LogP contribution in [0.3, 0.4) is 0 Å². The van der Waals surface area contributed by atoms with Crippen LogP contribution in [0.5, 0.6) is 11.5 Å². The summed E-state index contributed by atoms with van der Waals surface area (Å²) < 4.78 is 11.7. The van der Waals surface area contributed by atoms with Gasteiger partial charge in [0.05, 0.1) is 14.2 Å². The molecule has 1 aliphatic carbocycles. The molecule has 1 N–H and O–H groups in total. The zero-order chi connectivity index (χ0) is 20.5. The van der Waals surface area contributed by atoms with Gasteiger partial charge in [-0.2, -0.15) is 0 Å². The maximum atomic E-state index is 13.2. The lowest BCUT2D eigenvalue weighted by atomic mass is 9.73. The number of halogens is 1. The van der Waals surface area contributed by atoms with Crippen molar-refractivity contribution in [2.45, 2.75) is 31.1 Å². The second-order valence-electron chi connectivity index (χ2n) is 7.39. The van der Waals surface area contributed by atoms with Gasteiger partial charge in [0.25, 0.3) is 0 Å². The average molecular weight is 456 g/mol. The molecule has 0 saturated heterocycles. The fourth-order valence-corrected chi connectivity index (χ4v) is 4.55. The van der Waals surface area contributed by atoms with E-state index in [1.54, 1.807) is 14.2 Å². The van der Waals surface area contributed by atoms with Gasteiger partial charge in [0.1, 0.15) is 0 Å². The minimum Gasteiger partial charge on any atom is -0.493 e. The predicted octanol–water partition coefficient (Wildman–Crippen LogP) is 4.47. The maximum Gasteiger partial charge on any atom is 0.225 e. The van der Waals surface area contributed by atoms with Crippen LogP contribution in [0.1, 0.15) is 42.2 Å². The zero-order valence-electron chi connectivity index (χ0n) is 16.3. The van der Waals surface area contributed by atoms with Gasteiger partial charge < -0.3 is 14.8 Å². The Bertz CT molecular complexity index is 996. The van der Waals surface area contributed by atoms with Crippen molar-refractivity contribution in [3.05, 3.63) is 69.3 Å². The van der Waals surface area contributed by atoms with E-state index in [0.717, 1.165) is 26.9 Å². The van der Waals surface area contributed by atoms with E-state index in [-0.39, 0.29) is 23.5 Å². The molecule has 0 spiro atoms. The second-order valence-corrected chi connectivity index (χ2v) is 8.31. The van der Waals surface area contributed by atoms with Gasteiger partial charge in [-0.25, -0.2) is 0 Å². The summed E-state index contributed by atoms with van der Waals surface area (Å²) in [6.07, 6.45) is 1.33. The molecular formula is C23H22BrNO4. The highest BCUT2D eigenvalue weighted by Gasteiger charge is 2.38. The fourth-order valence-electron chi connectivity index (χ4n) is 4.28. The monoisotopic (exact) mass is 455 g/mol. The Hall–Kier alpha value is -2.60. The number of ether oxygens (including phenoxy) is 2. The zero-order valence-corrected chi connectivity index (χ0v) is 17.9. The van der Waals surface area contributed by atoms with Crippen molar-refractivity contribution >= 4 is 27.6 Å². The minimum absolute atomic E-state index is 0.00924. The first kappa shape index (κ1) is 19.7. The topological polar surface area (TPSA) is 64.6 Å². The lowest BCUT2D eigenvalue weighted by Crippen LogP contribution is -2.38. The normalized spacial score (nSPS) is 21.5. The highest BCUT2D eigenvalue weighted by molar-refractivity contribution is 9.10. The van der Waals surface area contributed by atoms with Gasteiger partial charge in [0.15, 0.2) is 17.3 Å². The molecule has 2 aliphatic rings. The van der Waals surface area contributed by atoms with Crippen LogP contribution in [-0.2, 0) is 9.59 Å². The molecule has 0 aromatic heterocycles. The SMILES string of the molecule is COc1ccc(C2CC(=O)C3=C(C2)NC(=O)CC3c2ccc(Br)cc2)cc1OC. The van der Waals surface area contributed by atoms with Gasteiger partial charge in [-0.3, -0.25) is 9.59 Å². The quantitative estimate of drug-likeness (QED) is 0.738. The molecule has 1 heterocycles. The number of rotatable bonds is 4. The fraction of sp³-hybridized carbons (Fsp3) is 0.304. The molecule has 2 aromatic rings. The van der Waals surface area contributed by atoms with Gasteiger partial charge >= 0.3 is 0 Å². The number of hydrogen-bond donors (Lipinski definition) is 1. The first-order chi connectivity index (χ1) is 14.0. The van der Waals surface area contributed by atoms with Crippen molar-refractivity contribution in [3.63, 3.8) is 0 Å². The smallest absolute Gasteiger partial charge is 0.225 e. The Morgan fingerprint density at radius 3 is 2.28 bits per heavy atom. The third-order valence-corrected chi connectivity index (χ3v) is 6.22. The highest BCUT2D eigenvalue weighted by Crippen LogP contribution is 2.43.